The lowest BCUT2D eigenvalue weighted by atomic mass is 9.92. The van der Waals surface area contributed by atoms with Crippen molar-refractivity contribution in [2.75, 3.05) is 39.3 Å². The van der Waals surface area contributed by atoms with Crippen LogP contribution in [0.5, 0.6) is 0 Å². The molecule has 2 amide bonds. The van der Waals surface area contributed by atoms with Crippen LogP contribution in [0.3, 0.4) is 0 Å². The number of nitrogens with zero attached hydrogens (tertiary/aromatic N) is 3. The first-order valence-electron chi connectivity index (χ1n) is 11.0. The van der Waals surface area contributed by atoms with E-state index < -0.39 is 0 Å². The summed E-state index contributed by atoms with van der Waals surface area (Å²) in [7, 11) is 0. The van der Waals surface area contributed by atoms with E-state index in [0.29, 0.717) is 17.9 Å². The average Bonchev–Trinajstić information content (AvgIpc) is 3.23. The molecule has 0 aromatic carbocycles. The molecule has 0 bridgehead atoms. The topological polar surface area (TPSA) is 43.9 Å². The van der Waals surface area contributed by atoms with Crippen LogP contribution in [-0.4, -0.2) is 71.8 Å². The summed E-state index contributed by atoms with van der Waals surface area (Å²) in [6, 6.07) is 0.609. The molecule has 5 nitrogen and oxygen atoms in total. The molecule has 0 spiro atoms. The van der Waals surface area contributed by atoms with Crippen LogP contribution in [0.1, 0.15) is 71.1 Å². The van der Waals surface area contributed by atoms with Gasteiger partial charge in [-0.25, -0.2) is 0 Å². The third-order valence-corrected chi connectivity index (χ3v) is 6.62. The summed E-state index contributed by atoms with van der Waals surface area (Å²) in [4.78, 5) is 31.6. The number of carbonyl (C=O) groups is 2. The Balaban J connectivity index is 1.37. The molecular weight excluding hydrogens is 326 g/mol. The van der Waals surface area contributed by atoms with Crippen LogP contribution in [0, 0.1) is 5.92 Å². The number of rotatable bonds is 6. The molecule has 3 aliphatic rings. The zero-order valence-corrected chi connectivity index (χ0v) is 16.6. The maximum Gasteiger partial charge on any atom is 0.225 e. The van der Waals surface area contributed by atoms with Gasteiger partial charge in [-0.05, 0) is 58.0 Å². The predicted octanol–water partition coefficient (Wildman–Crippen LogP) is 2.89. The zero-order chi connectivity index (χ0) is 18.4. The Bertz CT molecular complexity index is 460. The molecule has 3 fully saturated rings. The molecule has 0 N–H and O–H groups in total. The second-order valence-electron chi connectivity index (χ2n) is 8.41. The Morgan fingerprint density at radius 3 is 2.08 bits per heavy atom. The molecule has 3 rings (SSSR count). The van der Waals surface area contributed by atoms with Crippen LogP contribution in [0.2, 0.25) is 0 Å². The van der Waals surface area contributed by atoms with Crippen LogP contribution >= 0.6 is 0 Å². The van der Waals surface area contributed by atoms with Gasteiger partial charge in [0.15, 0.2) is 0 Å². The standard InChI is InChI=1S/C21H37N3O2/c1-2-3-4-7-20(25)23-16-10-19(11-17-23)22-14-8-18(9-15-22)21(26)24-12-5-6-13-24/h18-19H,2-17H2,1H3. The predicted molar refractivity (Wildman–Crippen MR) is 104 cm³/mol. The molecule has 0 saturated carbocycles. The highest BCUT2D eigenvalue weighted by Gasteiger charge is 2.33. The van der Waals surface area contributed by atoms with Gasteiger partial charge < -0.3 is 14.7 Å². The van der Waals surface area contributed by atoms with E-state index in [1.54, 1.807) is 0 Å². The van der Waals surface area contributed by atoms with Gasteiger partial charge in [0.2, 0.25) is 11.8 Å². The van der Waals surface area contributed by atoms with E-state index in [4.69, 9.17) is 0 Å². The number of amides is 2. The Morgan fingerprint density at radius 1 is 0.808 bits per heavy atom. The number of unbranched alkanes of at least 4 members (excludes halogenated alkanes) is 2. The maximum atomic E-state index is 12.6. The minimum Gasteiger partial charge on any atom is -0.343 e. The number of likely N-dealkylation sites (tertiary alicyclic amines) is 3. The molecule has 5 heteroatoms. The molecule has 148 valence electrons. The van der Waals surface area contributed by atoms with E-state index in [2.05, 4.69) is 21.6 Å². The van der Waals surface area contributed by atoms with Crippen LogP contribution in [0.25, 0.3) is 0 Å². The molecular formula is C21H37N3O2. The highest BCUT2D eigenvalue weighted by molar-refractivity contribution is 5.79. The maximum absolute atomic E-state index is 12.6. The fraction of sp³-hybridized carbons (Fsp3) is 0.905. The van der Waals surface area contributed by atoms with Gasteiger partial charge in [-0.15, -0.1) is 0 Å². The van der Waals surface area contributed by atoms with E-state index >= 15 is 0 Å². The van der Waals surface area contributed by atoms with Gasteiger partial charge in [-0.1, -0.05) is 19.8 Å². The van der Waals surface area contributed by atoms with Crippen LogP contribution < -0.4 is 0 Å². The van der Waals surface area contributed by atoms with Crippen LogP contribution in [-0.2, 0) is 9.59 Å². The molecule has 0 aliphatic carbocycles. The molecule has 0 unspecified atom stereocenters. The van der Waals surface area contributed by atoms with Crippen LogP contribution in [0.15, 0.2) is 0 Å². The fourth-order valence-electron chi connectivity index (χ4n) is 4.87. The second-order valence-corrected chi connectivity index (χ2v) is 8.41. The van der Waals surface area contributed by atoms with E-state index in [0.717, 1.165) is 84.2 Å². The van der Waals surface area contributed by atoms with Crippen molar-refractivity contribution in [3.63, 3.8) is 0 Å². The monoisotopic (exact) mass is 363 g/mol. The van der Waals surface area contributed by atoms with E-state index in [-0.39, 0.29) is 5.92 Å². The molecule has 0 aromatic heterocycles. The Hall–Kier alpha value is -1.10. The molecule has 0 aromatic rings. The van der Waals surface area contributed by atoms with E-state index in [1.807, 2.05) is 0 Å². The molecule has 3 aliphatic heterocycles. The van der Waals surface area contributed by atoms with Crippen molar-refractivity contribution in [1.82, 2.24) is 14.7 Å². The summed E-state index contributed by atoms with van der Waals surface area (Å²) in [5.74, 6) is 1.02. The Morgan fingerprint density at radius 2 is 1.46 bits per heavy atom. The van der Waals surface area contributed by atoms with Crippen molar-refractivity contribution in [3.8, 4) is 0 Å². The molecule has 26 heavy (non-hydrogen) atoms. The summed E-state index contributed by atoms with van der Waals surface area (Å²) in [5.41, 5.74) is 0. The Labute approximate surface area is 159 Å². The zero-order valence-electron chi connectivity index (χ0n) is 16.6. The summed E-state index contributed by atoms with van der Waals surface area (Å²) in [6.07, 6.45) is 10.7. The van der Waals surface area contributed by atoms with Gasteiger partial charge in [0.05, 0.1) is 0 Å². The lowest BCUT2D eigenvalue weighted by Gasteiger charge is -2.42. The highest BCUT2D eigenvalue weighted by Crippen LogP contribution is 2.26. The minimum absolute atomic E-state index is 0.254. The molecule has 0 radical (unpaired) electrons. The van der Waals surface area contributed by atoms with Crippen LogP contribution in [0.4, 0.5) is 0 Å². The average molecular weight is 364 g/mol. The summed E-state index contributed by atoms with van der Waals surface area (Å²) in [6.45, 7) is 8.08. The fourth-order valence-corrected chi connectivity index (χ4v) is 4.87. The first-order valence-corrected chi connectivity index (χ1v) is 11.0. The number of carbonyl (C=O) groups excluding carboxylic acids is 2. The summed E-state index contributed by atoms with van der Waals surface area (Å²) < 4.78 is 0. The van der Waals surface area contributed by atoms with Crippen molar-refractivity contribution < 1.29 is 9.59 Å². The van der Waals surface area contributed by atoms with Crippen molar-refractivity contribution in [1.29, 1.82) is 0 Å². The smallest absolute Gasteiger partial charge is 0.225 e. The molecule has 0 atom stereocenters. The number of hydrogen-bond acceptors (Lipinski definition) is 3. The van der Waals surface area contributed by atoms with Crippen molar-refractivity contribution in [3.05, 3.63) is 0 Å². The summed E-state index contributed by atoms with van der Waals surface area (Å²) >= 11 is 0. The number of piperidine rings is 2. The first kappa shape index (κ1) is 19.7. The minimum atomic E-state index is 0.254. The quantitative estimate of drug-likeness (QED) is 0.682. The van der Waals surface area contributed by atoms with Crippen molar-refractivity contribution in [2.24, 2.45) is 5.92 Å². The third kappa shape index (κ3) is 4.99. The van der Waals surface area contributed by atoms with Gasteiger partial charge in [-0.3, -0.25) is 9.59 Å². The van der Waals surface area contributed by atoms with Gasteiger partial charge in [0.25, 0.3) is 0 Å². The van der Waals surface area contributed by atoms with E-state index in [9.17, 15) is 9.59 Å². The van der Waals surface area contributed by atoms with Gasteiger partial charge in [0, 0.05) is 44.6 Å². The molecule has 3 saturated heterocycles. The largest absolute Gasteiger partial charge is 0.343 e. The number of hydrogen-bond donors (Lipinski definition) is 0. The van der Waals surface area contributed by atoms with E-state index in [1.165, 1.54) is 19.3 Å². The van der Waals surface area contributed by atoms with Gasteiger partial charge in [0.1, 0.15) is 0 Å². The van der Waals surface area contributed by atoms with Gasteiger partial charge >= 0.3 is 0 Å². The SMILES string of the molecule is CCCCCC(=O)N1CCC(N2CCC(C(=O)N3CCCC3)CC2)CC1. The highest BCUT2D eigenvalue weighted by atomic mass is 16.2. The normalized spacial score (nSPS) is 23.6. The Kier molecular flexibility index (Phi) is 7.35. The first-order chi connectivity index (χ1) is 12.7. The van der Waals surface area contributed by atoms with Crippen molar-refractivity contribution >= 4 is 11.8 Å². The van der Waals surface area contributed by atoms with Crippen molar-refractivity contribution in [2.45, 2.75) is 77.2 Å². The lowest BCUT2D eigenvalue weighted by molar-refractivity contribution is -0.137. The third-order valence-electron chi connectivity index (χ3n) is 6.62. The summed E-state index contributed by atoms with van der Waals surface area (Å²) in [5, 5.41) is 0. The van der Waals surface area contributed by atoms with Gasteiger partial charge in [-0.2, -0.15) is 0 Å². The second kappa shape index (κ2) is 9.72. The lowest BCUT2D eigenvalue weighted by Crippen LogP contribution is -2.50. The molecule has 3 heterocycles.